The number of carbonyl (C=O) groups is 2. The average Bonchev–Trinajstić information content (AvgIpc) is 3.46. The highest BCUT2D eigenvalue weighted by molar-refractivity contribution is 8.00. The van der Waals surface area contributed by atoms with E-state index >= 15 is 0 Å². The van der Waals surface area contributed by atoms with Gasteiger partial charge in [0.1, 0.15) is 12.6 Å². The second-order valence-electron chi connectivity index (χ2n) is 10.8. The largest absolute Gasteiger partial charge is 0.480 e. The second-order valence-corrected chi connectivity index (χ2v) is 12.1. The van der Waals surface area contributed by atoms with Gasteiger partial charge in [0, 0.05) is 0 Å². The summed E-state index contributed by atoms with van der Waals surface area (Å²) in [5.74, 6) is -0.622. The van der Waals surface area contributed by atoms with Crippen molar-refractivity contribution in [2.45, 2.75) is 30.2 Å². The fourth-order valence-corrected chi connectivity index (χ4v) is 7.61. The maximum Gasteiger partial charge on any atom is 0.408 e. The molecule has 5 aromatic carbocycles. The number of carboxylic acids is 1. The van der Waals surface area contributed by atoms with E-state index in [1.54, 1.807) is 11.8 Å². The number of thioether (sulfide) groups is 1. The number of rotatable bonds is 11. The summed E-state index contributed by atoms with van der Waals surface area (Å²) in [6, 6.07) is 44.0. The van der Waals surface area contributed by atoms with E-state index in [1.807, 2.05) is 78.9 Å². The number of hydrogen-bond donors (Lipinski definition) is 2. The van der Waals surface area contributed by atoms with Gasteiger partial charge >= 0.3 is 12.1 Å². The number of aliphatic carboxylic acids is 1. The Morgan fingerprint density at radius 1 is 0.727 bits per heavy atom. The molecular formula is C38H33NO4S. The average molecular weight is 600 g/mol. The summed E-state index contributed by atoms with van der Waals surface area (Å²) in [5, 5.41) is 12.6. The van der Waals surface area contributed by atoms with Crippen LogP contribution in [-0.2, 0) is 27.3 Å². The molecule has 5 nitrogen and oxygen atoms in total. The molecule has 1 aliphatic rings. The molecule has 1 atom stereocenters. The summed E-state index contributed by atoms with van der Waals surface area (Å²) in [6.45, 7) is 0.0726. The van der Waals surface area contributed by atoms with Crippen LogP contribution in [0.3, 0.4) is 0 Å². The molecular weight excluding hydrogens is 566 g/mol. The van der Waals surface area contributed by atoms with Gasteiger partial charge in [-0.1, -0.05) is 133 Å². The minimum absolute atomic E-state index is 0.0726. The first-order chi connectivity index (χ1) is 21.6. The lowest BCUT2D eigenvalue weighted by Crippen LogP contribution is -2.41. The number of benzene rings is 5. The minimum Gasteiger partial charge on any atom is -0.480 e. The van der Waals surface area contributed by atoms with Crippen molar-refractivity contribution >= 4 is 23.8 Å². The molecule has 0 aliphatic heterocycles. The number of nitrogens with one attached hydrogen (secondary N) is 1. The van der Waals surface area contributed by atoms with Crippen LogP contribution in [0.2, 0.25) is 0 Å². The number of carboxylic acid groups (broad SMARTS) is 1. The van der Waals surface area contributed by atoms with Crippen molar-refractivity contribution in [3.8, 4) is 11.1 Å². The van der Waals surface area contributed by atoms with Crippen LogP contribution in [0.1, 0.15) is 39.8 Å². The lowest BCUT2D eigenvalue weighted by Gasteiger charge is -2.35. The number of alkyl carbamates (subject to hydrolysis) is 1. The monoisotopic (exact) mass is 599 g/mol. The third-order valence-electron chi connectivity index (χ3n) is 8.16. The maximum absolute atomic E-state index is 12.9. The van der Waals surface area contributed by atoms with Crippen LogP contribution in [0.15, 0.2) is 133 Å². The molecule has 0 fully saturated rings. The Kier molecular flexibility index (Phi) is 8.80. The summed E-state index contributed by atoms with van der Waals surface area (Å²) in [7, 11) is 0. The zero-order valence-corrected chi connectivity index (χ0v) is 25.0. The highest BCUT2D eigenvalue weighted by Crippen LogP contribution is 2.48. The first-order valence-corrected chi connectivity index (χ1v) is 15.7. The van der Waals surface area contributed by atoms with Crippen LogP contribution in [0.4, 0.5) is 4.79 Å². The van der Waals surface area contributed by atoms with Crippen LogP contribution in [0, 0.1) is 0 Å². The molecule has 2 N–H and O–H groups in total. The Balaban J connectivity index is 1.16. The van der Waals surface area contributed by atoms with E-state index in [4.69, 9.17) is 4.74 Å². The van der Waals surface area contributed by atoms with Crippen LogP contribution >= 0.6 is 11.8 Å². The number of ether oxygens (including phenoxy) is 1. The first-order valence-electron chi connectivity index (χ1n) is 14.7. The zero-order valence-electron chi connectivity index (χ0n) is 24.2. The molecule has 5 aromatic rings. The molecule has 0 saturated carbocycles. The molecule has 0 bridgehead atoms. The molecule has 0 aromatic heterocycles. The fraction of sp³-hybridized carbons (Fsp3) is 0.158. The van der Waals surface area contributed by atoms with Gasteiger partial charge in [-0.05, 0) is 63.1 Å². The van der Waals surface area contributed by atoms with Crippen LogP contribution in [0.5, 0.6) is 0 Å². The van der Waals surface area contributed by atoms with Gasteiger partial charge < -0.3 is 15.2 Å². The van der Waals surface area contributed by atoms with Crippen molar-refractivity contribution in [3.05, 3.63) is 167 Å². The van der Waals surface area contributed by atoms with Gasteiger partial charge in [-0.2, -0.15) is 0 Å². The summed E-state index contributed by atoms with van der Waals surface area (Å²) in [6.07, 6.45) is 0.267. The van der Waals surface area contributed by atoms with Gasteiger partial charge in [-0.15, -0.1) is 11.8 Å². The Morgan fingerprint density at radius 2 is 1.27 bits per heavy atom. The van der Waals surface area contributed by atoms with Crippen molar-refractivity contribution < 1.29 is 19.4 Å². The molecule has 220 valence electrons. The summed E-state index contributed by atoms with van der Waals surface area (Å²) in [5.41, 5.74) is 8.97. The van der Waals surface area contributed by atoms with E-state index in [-0.39, 0.29) is 13.0 Å². The van der Waals surface area contributed by atoms with E-state index < -0.39 is 22.9 Å². The molecule has 0 heterocycles. The number of fused-ring (bicyclic) bond motifs is 3. The summed E-state index contributed by atoms with van der Waals surface area (Å²) in [4.78, 5) is 25.1. The molecule has 0 saturated heterocycles. The molecule has 1 aliphatic carbocycles. The van der Waals surface area contributed by atoms with E-state index in [2.05, 4.69) is 59.9 Å². The zero-order chi connectivity index (χ0) is 30.4. The molecule has 44 heavy (non-hydrogen) atoms. The van der Waals surface area contributed by atoms with Crippen LogP contribution in [-0.4, -0.2) is 29.0 Å². The van der Waals surface area contributed by atoms with Crippen LogP contribution in [0.25, 0.3) is 11.1 Å². The molecule has 6 rings (SSSR count). The van der Waals surface area contributed by atoms with Gasteiger partial charge in [0.25, 0.3) is 0 Å². The Hall–Kier alpha value is -4.81. The fourth-order valence-electron chi connectivity index (χ4n) is 6.04. The smallest absolute Gasteiger partial charge is 0.408 e. The van der Waals surface area contributed by atoms with E-state index in [0.717, 1.165) is 39.8 Å². The Bertz CT molecular complexity index is 1640. The van der Waals surface area contributed by atoms with Gasteiger partial charge in [-0.3, -0.25) is 0 Å². The SMILES string of the molecule is O=C(N[C@H](CCSC(c1ccccc1)(c1ccccc1)c1ccccc1)C(=O)O)OCc1cccc2c1Cc1ccccc1-2. The van der Waals surface area contributed by atoms with E-state index in [9.17, 15) is 14.7 Å². The first kappa shape index (κ1) is 29.3. The normalized spacial score (nSPS) is 12.5. The van der Waals surface area contributed by atoms with Gasteiger partial charge in [0.2, 0.25) is 0 Å². The number of amides is 1. The third kappa shape index (κ3) is 5.99. The molecule has 6 heteroatoms. The van der Waals surface area contributed by atoms with Crippen molar-refractivity contribution in [1.29, 1.82) is 0 Å². The van der Waals surface area contributed by atoms with Crippen LogP contribution < -0.4 is 5.32 Å². The number of hydrogen-bond acceptors (Lipinski definition) is 4. The lowest BCUT2D eigenvalue weighted by molar-refractivity contribution is -0.139. The Morgan fingerprint density at radius 3 is 1.86 bits per heavy atom. The number of carbonyl (C=O) groups excluding carboxylic acids is 1. The van der Waals surface area contributed by atoms with E-state index in [1.165, 1.54) is 11.1 Å². The van der Waals surface area contributed by atoms with Crippen molar-refractivity contribution in [3.63, 3.8) is 0 Å². The predicted molar refractivity (Wildman–Crippen MR) is 176 cm³/mol. The van der Waals surface area contributed by atoms with Gasteiger partial charge in [0.15, 0.2) is 0 Å². The quantitative estimate of drug-likeness (QED) is 0.147. The molecule has 0 radical (unpaired) electrons. The topological polar surface area (TPSA) is 75.6 Å². The summed E-state index contributed by atoms with van der Waals surface area (Å²) >= 11 is 1.66. The minimum atomic E-state index is -1.10. The summed E-state index contributed by atoms with van der Waals surface area (Å²) < 4.78 is 5.00. The van der Waals surface area contributed by atoms with Crippen molar-refractivity contribution in [1.82, 2.24) is 5.32 Å². The van der Waals surface area contributed by atoms with E-state index in [0.29, 0.717) is 5.75 Å². The van der Waals surface area contributed by atoms with Crippen molar-refractivity contribution in [2.24, 2.45) is 0 Å². The maximum atomic E-state index is 12.9. The van der Waals surface area contributed by atoms with Gasteiger partial charge in [0.05, 0.1) is 4.75 Å². The van der Waals surface area contributed by atoms with Gasteiger partial charge in [-0.25, -0.2) is 9.59 Å². The standard InChI is InChI=1S/C38H33NO4S/c40-36(41)35(39-37(42)43-26-28-14-12-22-33-32-21-11-10-13-27(32)25-34(28)33)23-24-44-38(29-15-4-1-5-16-29,30-17-6-2-7-18-30)31-19-8-3-9-20-31/h1-22,35H,23-26H2,(H,39,42)(H,40,41)/t35-/m1/s1. The molecule has 0 unspecified atom stereocenters. The third-order valence-corrected chi connectivity index (χ3v) is 9.74. The highest BCUT2D eigenvalue weighted by atomic mass is 32.2. The lowest BCUT2D eigenvalue weighted by atomic mass is 9.84. The second kappa shape index (κ2) is 13.2. The predicted octanol–water partition coefficient (Wildman–Crippen LogP) is 8.05. The molecule has 0 spiro atoms. The highest BCUT2D eigenvalue weighted by Gasteiger charge is 2.37. The van der Waals surface area contributed by atoms with Crippen molar-refractivity contribution in [2.75, 3.05) is 5.75 Å². The Labute approximate surface area is 261 Å². The molecule has 1 amide bonds.